The third-order valence-corrected chi connectivity index (χ3v) is 2.53. The molecule has 0 saturated carbocycles. The summed E-state index contributed by atoms with van der Waals surface area (Å²) in [7, 11) is 0. The molecule has 2 N–H and O–H groups in total. The molecule has 0 unspecified atom stereocenters. The molecule has 0 saturated heterocycles. The van der Waals surface area contributed by atoms with Crippen molar-refractivity contribution in [1.29, 1.82) is 0 Å². The lowest BCUT2D eigenvalue weighted by molar-refractivity contribution is -0.115. The zero-order chi connectivity index (χ0) is 12.0. The van der Waals surface area contributed by atoms with Crippen molar-refractivity contribution in [2.24, 2.45) is 0 Å². The van der Waals surface area contributed by atoms with Gasteiger partial charge in [-0.05, 0) is 38.0 Å². The summed E-state index contributed by atoms with van der Waals surface area (Å²) in [4.78, 5) is 11.6. The zero-order valence-corrected chi connectivity index (χ0v) is 10.2. The van der Waals surface area contributed by atoms with Gasteiger partial charge in [-0.25, -0.2) is 0 Å². The Morgan fingerprint density at radius 1 is 1.44 bits per heavy atom. The number of carbonyl (C=O) groups excluding carboxylic acids is 1. The van der Waals surface area contributed by atoms with Crippen molar-refractivity contribution in [2.45, 2.75) is 33.2 Å². The van der Waals surface area contributed by atoms with E-state index in [9.17, 15) is 4.79 Å². The van der Waals surface area contributed by atoms with Gasteiger partial charge in [-0.3, -0.25) is 4.79 Å². The van der Waals surface area contributed by atoms with Crippen molar-refractivity contribution in [3.63, 3.8) is 0 Å². The molecule has 88 valence electrons. The van der Waals surface area contributed by atoms with Crippen LogP contribution in [0.5, 0.6) is 0 Å². The van der Waals surface area contributed by atoms with Crippen LogP contribution in [0.2, 0.25) is 0 Å². The molecule has 3 heteroatoms. The molecule has 0 aliphatic rings. The van der Waals surface area contributed by atoms with Crippen molar-refractivity contribution in [3.8, 4) is 0 Å². The number of aryl methyl sites for hydroxylation is 1. The minimum absolute atomic E-state index is 0.00546. The number of nitrogens with one attached hydrogen (secondary N) is 2. The van der Waals surface area contributed by atoms with Gasteiger partial charge in [0.05, 0.1) is 6.54 Å². The van der Waals surface area contributed by atoms with E-state index in [4.69, 9.17) is 0 Å². The molecule has 0 fully saturated rings. The summed E-state index contributed by atoms with van der Waals surface area (Å²) in [6, 6.07) is 8.18. The Kier molecular flexibility index (Phi) is 4.99. The van der Waals surface area contributed by atoms with Gasteiger partial charge in [0, 0.05) is 11.7 Å². The van der Waals surface area contributed by atoms with Crippen molar-refractivity contribution in [1.82, 2.24) is 5.32 Å². The number of hydrogen-bond acceptors (Lipinski definition) is 2. The van der Waals surface area contributed by atoms with Crippen LogP contribution in [0.4, 0.5) is 5.69 Å². The van der Waals surface area contributed by atoms with Crippen LogP contribution in [0.25, 0.3) is 0 Å². The minimum atomic E-state index is 0.00546. The maximum absolute atomic E-state index is 11.6. The molecule has 1 amide bonds. The number of hydrogen-bond donors (Lipinski definition) is 2. The fraction of sp³-hybridized carbons (Fsp3) is 0.462. The van der Waals surface area contributed by atoms with Crippen LogP contribution in [-0.4, -0.2) is 18.5 Å². The Labute approximate surface area is 97.2 Å². The van der Waals surface area contributed by atoms with Crippen LogP contribution in [0.1, 0.15) is 25.8 Å². The smallest absolute Gasteiger partial charge is 0.238 e. The number of anilines is 1. The predicted molar refractivity (Wildman–Crippen MR) is 67.6 cm³/mol. The van der Waals surface area contributed by atoms with E-state index in [-0.39, 0.29) is 5.91 Å². The molecule has 1 aromatic carbocycles. The molecular weight excluding hydrogens is 200 g/mol. The average molecular weight is 220 g/mol. The Hall–Kier alpha value is -1.35. The molecule has 0 heterocycles. The van der Waals surface area contributed by atoms with Gasteiger partial charge >= 0.3 is 0 Å². The van der Waals surface area contributed by atoms with E-state index in [1.54, 1.807) is 0 Å². The predicted octanol–water partition coefficient (Wildman–Crippen LogP) is 2.32. The summed E-state index contributed by atoms with van der Waals surface area (Å²) >= 11 is 0. The molecule has 1 atom stereocenters. The fourth-order valence-electron chi connectivity index (χ4n) is 1.34. The van der Waals surface area contributed by atoms with Crippen LogP contribution < -0.4 is 10.6 Å². The Morgan fingerprint density at radius 2 is 2.19 bits per heavy atom. The average Bonchev–Trinajstić information content (AvgIpc) is 2.26. The van der Waals surface area contributed by atoms with Gasteiger partial charge in [0.25, 0.3) is 0 Å². The molecule has 16 heavy (non-hydrogen) atoms. The van der Waals surface area contributed by atoms with Gasteiger partial charge in [0.1, 0.15) is 0 Å². The van der Waals surface area contributed by atoms with Crippen molar-refractivity contribution >= 4 is 11.6 Å². The van der Waals surface area contributed by atoms with Crippen molar-refractivity contribution in [3.05, 3.63) is 29.8 Å². The van der Waals surface area contributed by atoms with Gasteiger partial charge in [-0.2, -0.15) is 0 Å². The summed E-state index contributed by atoms with van der Waals surface area (Å²) in [5.74, 6) is 0.00546. The number of amides is 1. The van der Waals surface area contributed by atoms with Gasteiger partial charge in [-0.1, -0.05) is 19.1 Å². The second-order valence-corrected chi connectivity index (χ2v) is 4.11. The molecule has 1 rings (SSSR count). The highest BCUT2D eigenvalue weighted by Gasteiger charge is 2.04. The van der Waals surface area contributed by atoms with Crippen LogP contribution >= 0.6 is 0 Å². The number of rotatable bonds is 5. The first-order chi connectivity index (χ1) is 7.61. The van der Waals surface area contributed by atoms with Crippen molar-refractivity contribution < 1.29 is 4.79 Å². The Bertz CT molecular complexity index is 350. The molecule has 1 aromatic rings. The molecule has 3 nitrogen and oxygen atoms in total. The van der Waals surface area contributed by atoms with E-state index in [0.717, 1.165) is 17.7 Å². The molecule has 0 aromatic heterocycles. The zero-order valence-electron chi connectivity index (χ0n) is 10.2. The van der Waals surface area contributed by atoms with Crippen LogP contribution in [0.15, 0.2) is 24.3 Å². The highest BCUT2D eigenvalue weighted by molar-refractivity contribution is 5.92. The molecule has 0 spiro atoms. The third kappa shape index (κ3) is 4.45. The SMILES string of the molecule is CC[C@@H](C)NCC(=O)Nc1cccc(C)c1. The van der Waals surface area contributed by atoms with E-state index in [1.807, 2.05) is 31.2 Å². The summed E-state index contributed by atoms with van der Waals surface area (Å²) in [5.41, 5.74) is 2.00. The van der Waals surface area contributed by atoms with Gasteiger partial charge in [-0.15, -0.1) is 0 Å². The van der Waals surface area contributed by atoms with E-state index in [0.29, 0.717) is 12.6 Å². The van der Waals surface area contributed by atoms with Gasteiger partial charge in [0.2, 0.25) is 5.91 Å². The van der Waals surface area contributed by atoms with Crippen LogP contribution in [0, 0.1) is 6.92 Å². The van der Waals surface area contributed by atoms with Crippen LogP contribution in [-0.2, 0) is 4.79 Å². The van der Waals surface area contributed by atoms with Crippen molar-refractivity contribution in [2.75, 3.05) is 11.9 Å². The second kappa shape index (κ2) is 6.28. The van der Waals surface area contributed by atoms with E-state index >= 15 is 0 Å². The summed E-state index contributed by atoms with van der Waals surface area (Å²) in [6.45, 7) is 6.53. The van der Waals surface area contributed by atoms with Crippen LogP contribution in [0.3, 0.4) is 0 Å². The molecule has 0 bridgehead atoms. The molecule has 0 aliphatic carbocycles. The quantitative estimate of drug-likeness (QED) is 0.799. The lowest BCUT2D eigenvalue weighted by Gasteiger charge is -2.11. The maximum Gasteiger partial charge on any atom is 0.238 e. The lowest BCUT2D eigenvalue weighted by atomic mass is 10.2. The molecule has 0 radical (unpaired) electrons. The minimum Gasteiger partial charge on any atom is -0.325 e. The summed E-state index contributed by atoms with van der Waals surface area (Å²) in [5, 5.41) is 6.02. The lowest BCUT2D eigenvalue weighted by Crippen LogP contribution is -2.33. The first-order valence-electron chi connectivity index (χ1n) is 5.71. The largest absolute Gasteiger partial charge is 0.325 e. The highest BCUT2D eigenvalue weighted by atomic mass is 16.1. The monoisotopic (exact) mass is 220 g/mol. The van der Waals surface area contributed by atoms with E-state index in [1.165, 1.54) is 0 Å². The fourth-order valence-corrected chi connectivity index (χ4v) is 1.34. The first kappa shape index (κ1) is 12.7. The van der Waals surface area contributed by atoms with Gasteiger partial charge < -0.3 is 10.6 Å². The third-order valence-electron chi connectivity index (χ3n) is 2.53. The van der Waals surface area contributed by atoms with Gasteiger partial charge in [0.15, 0.2) is 0 Å². The number of carbonyl (C=O) groups is 1. The summed E-state index contributed by atoms with van der Waals surface area (Å²) < 4.78 is 0. The number of benzene rings is 1. The standard InChI is InChI=1S/C13H20N2O/c1-4-11(3)14-9-13(16)15-12-7-5-6-10(2)8-12/h5-8,11,14H,4,9H2,1-3H3,(H,15,16)/t11-/m1/s1. The molecule has 0 aliphatic heterocycles. The normalized spacial score (nSPS) is 12.2. The second-order valence-electron chi connectivity index (χ2n) is 4.11. The molecular formula is C13H20N2O. The van der Waals surface area contributed by atoms with E-state index in [2.05, 4.69) is 24.5 Å². The summed E-state index contributed by atoms with van der Waals surface area (Å²) in [6.07, 6.45) is 1.03. The maximum atomic E-state index is 11.6. The Balaban J connectivity index is 2.40. The topological polar surface area (TPSA) is 41.1 Å². The first-order valence-corrected chi connectivity index (χ1v) is 5.71. The Morgan fingerprint density at radius 3 is 2.81 bits per heavy atom. The van der Waals surface area contributed by atoms with E-state index < -0.39 is 0 Å². The highest BCUT2D eigenvalue weighted by Crippen LogP contribution is 2.08.